The third kappa shape index (κ3) is 2.84. The molecule has 0 saturated carbocycles. The molecule has 1 amide bonds. The Labute approximate surface area is 92.0 Å². The molecule has 0 bridgehead atoms. The summed E-state index contributed by atoms with van der Waals surface area (Å²) in [5, 5.41) is 20.5. The zero-order valence-electron chi connectivity index (χ0n) is 8.60. The number of hydrogen-bond acceptors (Lipinski definition) is 3. The molecule has 0 aliphatic carbocycles. The number of amides is 1. The number of phenolic OH excluding ortho intramolecular Hbond substituents is 1. The summed E-state index contributed by atoms with van der Waals surface area (Å²) in [5.41, 5.74) is 0.0663. The number of carbonyl (C=O) groups is 2. The predicted octanol–water partition coefficient (Wildman–Crippen LogP) is 1.60. The molecule has 0 unspecified atom stereocenters. The molecular formula is C11H11NO4. The van der Waals surface area contributed by atoms with Crippen molar-refractivity contribution >= 4 is 17.6 Å². The zero-order valence-corrected chi connectivity index (χ0v) is 8.60. The van der Waals surface area contributed by atoms with Crippen molar-refractivity contribution in [3.05, 3.63) is 35.9 Å². The fourth-order valence-electron chi connectivity index (χ4n) is 1.09. The third-order valence-electron chi connectivity index (χ3n) is 1.82. The van der Waals surface area contributed by atoms with Gasteiger partial charge in [-0.2, -0.15) is 0 Å². The summed E-state index contributed by atoms with van der Waals surface area (Å²) in [6.45, 7) is 1.67. The van der Waals surface area contributed by atoms with E-state index in [-0.39, 0.29) is 17.0 Å². The number of allylic oxidation sites excluding steroid dienone is 1. The molecule has 5 heteroatoms. The van der Waals surface area contributed by atoms with E-state index >= 15 is 0 Å². The Kier molecular flexibility index (Phi) is 3.66. The predicted molar refractivity (Wildman–Crippen MR) is 58.5 cm³/mol. The summed E-state index contributed by atoms with van der Waals surface area (Å²) < 4.78 is 0. The van der Waals surface area contributed by atoms with Crippen LogP contribution in [0, 0.1) is 0 Å². The van der Waals surface area contributed by atoms with Crippen molar-refractivity contribution in [3.8, 4) is 5.75 Å². The van der Waals surface area contributed by atoms with Gasteiger partial charge < -0.3 is 15.5 Å². The van der Waals surface area contributed by atoms with Crippen molar-refractivity contribution in [2.75, 3.05) is 5.32 Å². The average Bonchev–Trinajstić information content (AvgIpc) is 2.21. The molecule has 0 saturated heterocycles. The lowest BCUT2D eigenvalue weighted by atomic mass is 10.2. The van der Waals surface area contributed by atoms with Crippen LogP contribution in [-0.4, -0.2) is 22.1 Å². The Morgan fingerprint density at radius 1 is 1.38 bits per heavy atom. The molecule has 0 fully saturated rings. The molecule has 16 heavy (non-hydrogen) atoms. The first-order valence-electron chi connectivity index (χ1n) is 4.54. The van der Waals surface area contributed by atoms with Crippen LogP contribution in [0.5, 0.6) is 5.75 Å². The highest BCUT2D eigenvalue weighted by atomic mass is 16.4. The first-order chi connectivity index (χ1) is 7.54. The SMILES string of the molecule is C/C=C/C(=O)Nc1cc(C(=O)O)ccc1O. The number of aromatic carboxylic acids is 1. The van der Waals surface area contributed by atoms with Crippen molar-refractivity contribution < 1.29 is 19.8 Å². The van der Waals surface area contributed by atoms with E-state index in [9.17, 15) is 14.7 Å². The van der Waals surface area contributed by atoms with Gasteiger partial charge in [-0.25, -0.2) is 4.79 Å². The number of phenols is 1. The largest absolute Gasteiger partial charge is 0.506 e. The highest BCUT2D eigenvalue weighted by molar-refractivity contribution is 6.01. The maximum absolute atomic E-state index is 11.2. The van der Waals surface area contributed by atoms with Gasteiger partial charge in [0.2, 0.25) is 5.91 Å². The molecule has 1 aromatic carbocycles. The van der Waals surface area contributed by atoms with Gasteiger partial charge in [-0.15, -0.1) is 0 Å². The van der Waals surface area contributed by atoms with Crippen LogP contribution in [0.25, 0.3) is 0 Å². The van der Waals surface area contributed by atoms with Crippen LogP contribution in [-0.2, 0) is 4.79 Å². The van der Waals surface area contributed by atoms with Gasteiger partial charge in [0.25, 0.3) is 0 Å². The number of carbonyl (C=O) groups excluding carboxylic acids is 1. The van der Waals surface area contributed by atoms with Crippen molar-refractivity contribution in [1.29, 1.82) is 0 Å². The van der Waals surface area contributed by atoms with E-state index in [1.807, 2.05) is 0 Å². The molecule has 0 atom stereocenters. The molecule has 3 N–H and O–H groups in total. The number of carboxylic acid groups (broad SMARTS) is 1. The summed E-state index contributed by atoms with van der Waals surface area (Å²) in [6.07, 6.45) is 2.81. The number of aromatic hydroxyl groups is 1. The number of anilines is 1. The van der Waals surface area contributed by atoms with Crippen molar-refractivity contribution in [2.24, 2.45) is 0 Å². The van der Waals surface area contributed by atoms with E-state index in [0.717, 1.165) is 0 Å². The van der Waals surface area contributed by atoms with E-state index in [1.54, 1.807) is 6.92 Å². The minimum absolute atomic E-state index is 0.00595. The summed E-state index contributed by atoms with van der Waals surface area (Å²) in [6, 6.07) is 3.66. The summed E-state index contributed by atoms with van der Waals surface area (Å²) in [5.74, 6) is -1.73. The Bertz CT molecular complexity index is 451. The van der Waals surface area contributed by atoms with Gasteiger partial charge in [0, 0.05) is 0 Å². The smallest absolute Gasteiger partial charge is 0.335 e. The molecule has 1 rings (SSSR count). The maximum Gasteiger partial charge on any atom is 0.335 e. The van der Waals surface area contributed by atoms with E-state index in [1.165, 1.54) is 30.4 Å². The average molecular weight is 221 g/mol. The lowest BCUT2D eigenvalue weighted by Gasteiger charge is -2.05. The fourth-order valence-corrected chi connectivity index (χ4v) is 1.09. The highest BCUT2D eigenvalue weighted by Gasteiger charge is 2.08. The van der Waals surface area contributed by atoms with Crippen LogP contribution < -0.4 is 5.32 Å². The van der Waals surface area contributed by atoms with Crippen LogP contribution >= 0.6 is 0 Å². The number of hydrogen-bond donors (Lipinski definition) is 3. The second-order valence-electron chi connectivity index (χ2n) is 3.03. The summed E-state index contributed by atoms with van der Waals surface area (Å²) >= 11 is 0. The molecule has 0 spiro atoms. The topological polar surface area (TPSA) is 86.6 Å². The minimum atomic E-state index is -1.12. The van der Waals surface area contributed by atoms with Crippen LogP contribution in [0.3, 0.4) is 0 Å². The first kappa shape index (κ1) is 11.8. The standard InChI is InChI=1S/C11H11NO4/c1-2-3-10(14)12-8-6-7(11(15)16)4-5-9(8)13/h2-6,13H,1H3,(H,12,14)(H,15,16)/b3-2+. The molecular weight excluding hydrogens is 210 g/mol. The van der Waals surface area contributed by atoms with Crippen LogP contribution in [0.2, 0.25) is 0 Å². The summed E-state index contributed by atoms with van der Waals surface area (Å²) in [7, 11) is 0. The van der Waals surface area contributed by atoms with E-state index in [2.05, 4.69) is 5.32 Å². The van der Waals surface area contributed by atoms with Crippen LogP contribution in [0.1, 0.15) is 17.3 Å². The molecule has 0 radical (unpaired) electrons. The Balaban J connectivity index is 2.98. The lowest BCUT2D eigenvalue weighted by Crippen LogP contribution is -2.08. The Morgan fingerprint density at radius 3 is 2.62 bits per heavy atom. The number of carboxylic acids is 1. The molecule has 1 aromatic rings. The fraction of sp³-hybridized carbons (Fsp3) is 0.0909. The van der Waals surface area contributed by atoms with Gasteiger partial charge in [-0.3, -0.25) is 4.79 Å². The van der Waals surface area contributed by atoms with Gasteiger partial charge in [0.1, 0.15) is 5.75 Å². The number of benzene rings is 1. The minimum Gasteiger partial charge on any atom is -0.506 e. The van der Waals surface area contributed by atoms with Crippen LogP contribution in [0.15, 0.2) is 30.4 Å². The highest BCUT2D eigenvalue weighted by Crippen LogP contribution is 2.24. The van der Waals surface area contributed by atoms with E-state index in [4.69, 9.17) is 5.11 Å². The monoisotopic (exact) mass is 221 g/mol. The normalized spacial score (nSPS) is 10.3. The van der Waals surface area contributed by atoms with Gasteiger partial charge in [-0.1, -0.05) is 6.08 Å². The first-order valence-corrected chi connectivity index (χ1v) is 4.54. The van der Waals surface area contributed by atoms with Crippen molar-refractivity contribution in [1.82, 2.24) is 0 Å². The van der Waals surface area contributed by atoms with Gasteiger partial charge in [0.05, 0.1) is 11.3 Å². The third-order valence-corrected chi connectivity index (χ3v) is 1.82. The number of nitrogens with one attached hydrogen (secondary N) is 1. The molecule has 0 heterocycles. The second kappa shape index (κ2) is 4.97. The van der Waals surface area contributed by atoms with Crippen LogP contribution in [0.4, 0.5) is 5.69 Å². The molecule has 84 valence electrons. The van der Waals surface area contributed by atoms with E-state index in [0.29, 0.717) is 0 Å². The van der Waals surface area contributed by atoms with Crippen molar-refractivity contribution in [2.45, 2.75) is 6.92 Å². The quantitative estimate of drug-likeness (QED) is 0.534. The summed E-state index contributed by atoms with van der Waals surface area (Å²) in [4.78, 5) is 21.9. The van der Waals surface area contributed by atoms with Gasteiger partial charge in [0.15, 0.2) is 0 Å². The Morgan fingerprint density at radius 2 is 2.06 bits per heavy atom. The Hall–Kier alpha value is -2.30. The molecule has 5 nitrogen and oxygen atoms in total. The molecule has 0 aliphatic heterocycles. The maximum atomic E-state index is 11.2. The molecule has 0 aliphatic rings. The van der Waals surface area contributed by atoms with Gasteiger partial charge in [-0.05, 0) is 31.2 Å². The van der Waals surface area contributed by atoms with E-state index < -0.39 is 11.9 Å². The lowest BCUT2D eigenvalue weighted by molar-refractivity contribution is -0.111. The zero-order chi connectivity index (χ0) is 12.1. The molecule has 0 aromatic heterocycles. The second-order valence-corrected chi connectivity index (χ2v) is 3.03. The number of rotatable bonds is 3. The van der Waals surface area contributed by atoms with Crippen molar-refractivity contribution in [3.63, 3.8) is 0 Å². The van der Waals surface area contributed by atoms with Gasteiger partial charge >= 0.3 is 5.97 Å².